The van der Waals surface area contributed by atoms with Crippen LogP contribution in [0.1, 0.15) is 37.3 Å². The smallest absolute Gasteiger partial charge is 0.00856 e. The standard InChI is InChI=1S/C20H22/c1-16(2)14-20(19-12-8-5-9-13-19)17(3)15-18-10-6-4-7-11-18/h4-13,15,20H,1,14H2,2-3H3. The number of hydrogen-bond donors (Lipinski definition) is 0. The molecule has 0 nitrogen and oxygen atoms in total. The van der Waals surface area contributed by atoms with Gasteiger partial charge >= 0.3 is 0 Å². The maximum absolute atomic E-state index is 4.08. The summed E-state index contributed by atoms with van der Waals surface area (Å²) in [5.74, 6) is 0.411. The molecule has 0 radical (unpaired) electrons. The van der Waals surface area contributed by atoms with Crippen LogP contribution in [0.15, 0.2) is 78.4 Å². The molecular weight excluding hydrogens is 240 g/mol. The fraction of sp³-hybridized carbons (Fsp3) is 0.200. The van der Waals surface area contributed by atoms with Crippen LogP contribution in [0.2, 0.25) is 0 Å². The number of allylic oxidation sites excluding steroid dienone is 2. The minimum atomic E-state index is 0.411. The summed E-state index contributed by atoms with van der Waals surface area (Å²) in [6.45, 7) is 8.40. The SMILES string of the molecule is C=C(C)CC(C(C)=Cc1ccccc1)c1ccccc1. The average Bonchev–Trinajstić information content (AvgIpc) is 2.46. The lowest BCUT2D eigenvalue weighted by Crippen LogP contribution is -2.01. The van der Waals surface area contributed by atoms with Crippen molar-refractivity contribution in [3.63, 3.8) is 0 Å². The third kappa shape index (κ3) is 3.96. The Kier molecular flexibility index (Phi) is 4.95. The molecule has 0 saturated carbocycles. The lowest BCUT2D eigenvalue weighted by atomic mass is 9.86. The molecule has 1 atom stereocenters. The monoisotopic (exact) mass is 262 g/mol. The minimum Gasteiger partial charge on any atom is -0.100 e. The van der Waals surface area contributed by atoms with E-state index in [0.717, 1.165) is 6.42 Å². The molecule has 0 amide bonds. The van der Waals surface area contributed by atoms with Gasteiger partial charge in [-0.05, 0) is 31.4 Å². The molecule has 2 aromatic carbocycles. The summed E-state index contributed by atoms with van der Waals surface area (Å²) in [6.07, 6.45) is 3.28. The van der Waals surface area contributed by atoms with Crippen LogP contribution < -0.4 is 0 Å². The van der Waals surface area contributed by atoms with Gasteiger partial charge in [0.25, 0.3) is 0 Å². The van der Waals surface area contributed by atoms with Crippen molar-refractivity contribution in [2.24, 2.45) is 0 Å². The molecular formula is C20H22. The quantitative estimate of drug-likeness (QED) is 0.594. The highest BCUT2D eigenvalue weighted by molar-refractivity contribution is 5.54. The van der Waals surface area contributed by atoms with Gasteiger partial charge in [-0.25, -0.2) is 0 Å². The van der Waals surface area contributed by atoms with E-state index in [1.807, 2.05) is 0 Å². The van der Waals surface area contributed by atoms with E-state index in [1.54, 1.807) is 0 Å². The van der Waals surface area contributed by atoms with Gasteiger partial charge in [-0.2, -0.15) is 0 Å². The van der Waals surface area contributed by atoms with Gasteiger partial charge in [0, 0.05) is 5.92 Å². The molecule has 1 unspecified atom stereocenters. The van der Waals surface area contributed by atoms with Crippen molar-refractivity contribution in [3.05, 3.63) is 89.5 Å². The summed E-state index contributed by atoms with van der Waals surface area (Å²) in [7, 11) is 0. The number of benzene rings is 2. The largest absolute Gasteiger partial charge is 0.100 e. The second-order valence-corrected chi connectivity index (χ2v) is 5.42. The zero-order valence-electron chi connectivity index (χ0n) is 12.3. The van der Waals surface area contributed by atoms with Gasteiger partial charge in [-0.15, -0.1) is 6.58 Å². The Labute approximate surface area is 122 Å². The Balaban J connectivity index is 2.32. The van der Waals surface area contributed by atoms with Crippen LogP contribution in [-0.4, -0.2) is 0 Å². The molecule has 0 fully saturated rings. The first-order chi connectivity index (χ1) is 9.66. The highest BCUT2D eigenvalue weighted by atomic mass is 14.2. The molecule has 0 aromatic heterocycles. The van der Waals surface area contributed by atoms with E-state index in [-0.39, 0.29) is 0 Å². The van der Waals surface area contributed by atoms with Crippen LogP contribution in [-0.2, 0) is 0 Å². The highest BCUT2D eigenvalue weighted by Gasteiger charge is 2.13. The van der Waals surface area contributed by atoms with Gasteiger partial charge in [0.05, 0.1) is 0 Å². The summed E-state index contributed by atoms with van der Waals surface area (Å²) >= 11 is 0. The molecule has 20 heavy (non-hydrogen) atoms. The summed E-state index contributed by atoms with van der Waals surface area (Å²) in [5.41, 5.74) is 5.22. The van der Waals surface area contributed by atoms with E-state index in [0.29, 0.717) is 5.92 Å². The maximum atomic E-state index is 4.08. The van der Waals surface area contributed by atoms with Gasteiger partial charge < -0.3 is 0 Å². The molecule has 0 N–H and O–H groups in total. The van der Waals surface area contributed by atoms with E-state index in [2.05, 4.69) is 87.2 Å². The first kappa shape index (κ1) is 14.3. The molecule has 102 valence electrons. The predicted molar refractivity (Wildman–Crippen MR) is 88.7 cm³/mol. The molecule has 0 heteroatoms. The van der Waals surface area contributed by atoms with Gasteiger partial charge in [0.15, 0.2) is 0 Å². The van der Waals surface area contributed by atoms with Crippen LogP contribution in [0.5, 0.6) is 0 Å². The predicted octanol–water partition coefficient (Wildman–Crippen LogP) is 5.84. The Morgan fingerprint density at radius 2 is 1.50 bits per heavy atom. The molecule has 0 aliphatic heterocycles. The third-order valence-electron chi connectivity index (χ3n) is 3.50. The van der Waals surface area contributed by atoms with Crippen LogP contribution in [0.3, 0.4) is 0 Å². The molecule has 0 bridgehead atoms. The highest BCUT2D eigenvalue weighted by Crippen LogP contribution is 2.31. The first-order valence-electron chi connectivity index (χ1n) is 7.09. The van der Waals surface area contributed by atoms with Gasteiger partial charge in [-0.3, -0.25) is 0 Å². The maximum Gasteiger partial charge on any atom is 0.00856 e. The van der Waals surface area contributed by atoms with Crippen molar-refractivity contribution in [2.75, 3.05) is 0 Å². The Bertz CT molecular complexity index is 576. The summed E-state index contributed by atoms with van der Waals surface area (Å²) < 4.78 is 0. The van der Waals surface area contributed by atoms with Crippen molar-refractivity contribution in [1.29, 1.82) is 0 Å². The van der Waals surface area contributed by atoms with Gasteiger partial charge in [-0.1, -0.05) is 77.9 Å². The second-order valence-electron chi connectivity index (χ2n) is 5.42. The van der Waals surface area contributed by atoms with Crippen molar-refractivity contribution < 1.29 is 0 Å². The summed E-state index contributed by atoms with van der Waals surface area (Å²) in [5, 5.41) is 0. The topological polar surface area (TPSA) is 0 Å². The fourth-order valence-electron chi connectivity index (χ4n) is 2.49. The lowest BCUT2D eigenvalue weighted by molar-refractivity contribution is 0.784. The number of rotatable bonds is 5. The Hall–Kier alpha value is -2.08. The van der Waals surface area contributed by atoms with Gasteiger partial charge in [0.2, 0.25) is 0 Å². The van der Waals surface area contributed by atoms with E-state index in [1.165, 1.54) is 22.3 Å². The van der Waals surface area contributed by atoms with Gasteiger partial charge in [0.1, 0.15) is 0 Å². The molecule has 0 aliphatic rings. The van der Waals surface area contributed by atoms with E-state index in [4.69, 9.17) is 0 Å². The number of hydrogen-bond acceptors (Lipinski definition) is 0. The van der Waals surface area contributed by atoms with E-state index >= 15 is 0 Å². The molecule has 2 aromatic rings. The van der Waals surface area contributed by atoms with Crippen LogP contribution >= 0.6 is 0 Å². The van der Waals surface area contributed by atoms with Crippen LogP contribution in [0.25, 0.3) is 6.08 Å². The Morgan fingerprint density at radius 3 is 2.05 bits per heavy atom. The van der Waals surface area contributed by atoms with Crippen molar-refractivity contribution in [2.45, 2.75) is 26.2 Å². The molecule has 0 saturated heterocycles. The van der Waals surface area contributed by atoms with Crippen LogP contribution in [0, 0.1) is 0 Å². The zero-order chi connectivity index (χ0) is 14.4. The van der Waals surface area contributed by atoms with Crippen molar-refractivity contribution in [1.82, 2.24) is 0 Å². The van der Waals surface area contributed by atoms with Crippen LogP contribution in [0.4, 0.5) is 0 Å². The normalized spacial score (nSPS) is 13.0. The molecule has 0 aliphatic carbocycles. The summed E-state index contributed by atoms with van der Waals surface area (Å²) in [4.78, 5) is 0. The van der Waals surface area contributed by atoms with E-state index < -0.39 is 0 Å². The summed E-state index contributed by atoms with van der Waals surface area (Å²) in [6, 6.07) is 21.2. The van der Waals surface area contributed by atoms with Crippen molar-refractivity contribution in [3.8, 4) is 0 Å². The zero-order valence-corrected chi connectivity index (χ0v) is 12.3. The molecule has 0 heterocycles. The van der Waals surface area contributed by atoms with E-state index in [9.17, 15) is 0 Å². The van der Waals surface area contributed by atoms with Crippen molar-refractivity contribution >= 4 is 6.08 Å². The average molecular weight is 262 g/mol. The molecule has 0 spiro atoms. The fourth-order valence-corrected chi connectivity index (χ4v) is 2.49. The Morgan fingerprint density at radius 1 is 0.950 bits per heavy atom. The minimum absolute atomic E-state index is 0.411. The lowest BCUT2D eigenvalue weighted by Gasteiger charge is -2.19. The first-order valence-corrected chi connectivity index (χ1v) is 7.09. The molecule has 2 rings (SSSR count). The second kappa shape index (κ2) is 6.91. The third-order valence-corrected chi connectivity index (χ3v) is 3.50.